The summed E-state index contributed by atoms with van der Waals surface area (Å²) in [5, 5.41) is 0. The Bertz CT molecular complexity index is 651. The van der Waals surface area contributed by atoms with Gasteiger partial charge in [0, 0.05) is 10.5 Å². The van der Waals surface area contributed by atoms with Gasteiger partial charge in [-0.2, -0.15) is 0 Å². The average Bonchev–Trinajstić information content (AvgIpc) is 2.87. The molecule has 0 N–H and O–H groups in total. The van der Waals surface area contributed by atoms with Gasteiger partial charge in [-0.1, -0.05) is 24.3 Å². The standard InChI is InChI=1S/C15H12O4S/c1-20-14-9(6-16)10-7-4-2-3-5-8(7)11(14)13-12(10)18-15(17)19-13/h2-6,10-13H,1H3. The summed E-state index contributed by atoms with van der Waals surface area (Å²) in [5.74, 6) is -0.282. The van der Waals surface area contributed by atoms with Crippen molar-refractivity contribution in [2.45, 2.75) is 24.0 Å². The largest absolute Gasteiger partial charge is 0.509 e. The number of aldehydes is 1. The molecule has 4 unspecified atom stereocenters. The van der Waals surface area contributed by atoms with Crippen molar-refractivity contribution in [1.29, 1.82) is 0 Å². The second-order valence-corrected chi connectivity index (χ2v) is 5.99. The van der Waals surface area contributed by atoms with Crippen LogP contribution in [0, 0.1) is 0 Å². The minimum Gasteiger partial charge on any atom is -0.426 e. The van der Waals surface area contributed by atoms with E-state index < -0.39 is 6.16 Å². The Balaban J connectivity index is 1.98. The smallest absolute Gasteiger partial charge is 0.426 e. The Kier molecular flexibility index (Phi) is 2.48. The molecule has 1 aliphatic heterocycles. The van der Waals surface area contributed by atoms with Crippen LogP contribution in [0.15, 0.2) is 34.7 Å². The number of hydrogen-bond acceptors (Lipinski definition) is 5. The highest BCUT2D eigenvalue weighted by Gasteiger charge is 2.57. The van der Waals surface area contributed by atoms with Crippen molar-refractivity contribution in [3.8, 4) is 0 Å². The van der Waals surface area contributed by atoms with E-state index in [0.717, 1.165) is 27.9 Å². The lowest BCUT2D eigenvalue weighted by atomic mass is 9.64. The Morgan fingerprint density at radius 3 is 2.30 bits per heavy atom. The quantitative estimate of drug-likeness (QED) is 0.618. The van der Waals surface area contributed by atoms with E-state index in [-0.39, 0.29) is 24.0 Å². The molecule has 0 amide bonds. The third-order valence-corrected chi connectivity index (χ3v) is 5.29. The molecule has 0 aromatic heterocycles. The maximum atomic E-state index is 11.5. The van der Waals surface area contributed by atoms with E-state index in [4.69, 9.17) is 9.47 Å². The number of carbonyl (C=O) groups excluding carboxylic acids is 2. The Labute approximate surface area is 120 Å². The zero-order chi connectivity index (χ0) is 13.9. The third-order valence-electron chi connectivity index (χ3n) is 4.36. The molecule has 102 valence electrons. The molecular formula is C15H12O4S. The third kappa shape index (κ3) is 1.33. The molecule has 4 atom stereocenters. The van der Waals surface area contributed by atoms with Crippen molar-refractivity contribution in [3.63, 3.8) is 0 Å². The first kappa shape index (κ1) is 12.0. The molecule has 5 heteroatoms. The molecule has 1 saturated heterocycles. The lowest BCUT2D eigenvalue weighted by Gasteiger charge is -2.44. The minimum atomic E-state index is -0.629. The van der Waals surface area contributed by atoms with Gasteiger partial charge in [0.1, 0.15) is 6.29 Å². The molecule has 1 fully saturated rings. The molecule has 5 rings (SSSR count). The topological polar surface area (TPSA) is 52.6 Å². The van der Waals surface area contributed by atoms with E-state index in [1.165, 1.54) is 0 Å². The number of thioether (sulfide) groups is 1. The van der Waals surface area contributed by atoms with Crippen LogP contribution in [-0.4, -0.2) is 30.9 Å². The van der Waals surface area contributed by atoms with Gasteiger partial charge in [-0.3, -0.25) is 4.79 Å². The summed E-state index contributed by atoms with van der Waals surface area (Å²) in [5.41, 5.74) is 2.96. The van der Waals surface area contributed by atoms with Crippen molar-refractivity contribution in [1.82, 2.24) is 0 Å². The van der Waals surface area contributed by atoms with E-state index >= 15 is 0 Å². The van der Waals surface area contributed by atoms with Gasteiger partial charge in [-0.15, -0.1) is 11.8 Å². The Hall–Kier alpha value is -1.75. The van der Waals surface area contributed by atoms with Crippen LogP contribution in [0.25, 0.3) is 0 Å². The fourth-order valence-electron chi connectivity index (χ4n) is 3.67. The van der Waals surface area contributed by atoms with E-state index in [0.29, 0.717) is 0 Å². The maximum Gasteiger partial charge on any atom is 0.509 e. The van der Waals surface area contributed by atoms with Crippen LogP contribution in [-0.2, 0) is 14.3 Å². The molecule has 2 bridgehead atoms. The summed E-state index contributed by atoms with van der Waals surface area (Å²) >= 11 is 1.56. The highest BCUT2D eigenvalue weighted by molar-refractivity contribution is 8.02. The molecule has 4 nitrogen and oxygen atoms in total. The van der Waals surface area contributed by atoms with Crippen LogP contribution >= 0.6 is 11.8 Å². The van der Waals surface area contributed by atoms with Gasteiger partial charge >= 0.3 is 6.16 Å². The van der Waals surface area contributed by atoms with Gasteiger partial charge in [0.25, 0.3) is 0 Å². The predicted molar refractivity (Wildman–Crippen MR) is 73.7 cm³/mol. The first-order chi connectivity index (χ1) is 9.76. The maximum absolute atomic E-state index is 11.5. The van der Waals surface area contributed by atoms with Crippen LogP contribution in [0.2, 0.25) is 0 Å². The molecule has 0 saturated carbocycles. The number of ether oxygens (including phenoxy) is 2. The monoisotopic (exact) mass is 288 g/mol. The predicted octanol–water partition coefficient (Wildman–Crippen LogP) is 2.60. The van der Waals surface area contributed by atoms with Crippen LogP contribution in [0.4, 0.5) is 4.79 Å². The van der Waals surface area contributed by atoms with E-state index in [2.05, 4.69) is 0 Å². The fraction of sp³-hybridized carbons (Fsp3) is 0.333. The number of benzene rings is 1. The second kappa shape index (κ2) is 4.12. The van der Waals surface area contributed by atoms with Gasteiger partial charge in [0.15, 0.2) is 12.2 Å². The first-order valence-electron chi connectivity index (χ1n) is 6.45. The zero-order valence-electron chi connectivity index (χ0n) is 10.7. The lowest BCUT2D eigenvalue weighted by Crippen LogP contribution is -2.45. The zero-order valence-corrected chi connectivity index (χ0v) is 11.6. The summed E-state index contributed by atoms with van der Waals surface area (Å²) < 4.78 is 10.7. The van der Waals surface area contributed by atoms with Gasteiger partial charge < -0.3 is 9.47 Å². The fourth-order valence-corrected chi connectivity index (χ4v) is 4.60. The molecule has 0 radical (unpaired) electrons. The van der Waals surface area contributed by atoms with Crippen molar-refractivity contribution in [2.75, 3.05) is 6.26 Å². The van der Waals surface area contributed by atoms with Crippen molar-refractivity contribution in [2.24, 2.45) is 0 Å². The van der Waals surface area contributed by atoms with Gasteiger partial charge in [-0.25, -0.2) is 4.79 Å². The summed E-state index contributed by atoms with van der Waals surface area (Å²) in [4.78, 5) is 24.1. The lowest BCUT2D eigenvalue weighted by molar-refractivity contribution is -0.105. The second-order valence-electron chi connectivity index (χ2n) is 5.14. The molecule has 3 aliphatic carbocycles. The van der Waals surface area contributed by atoms with E-state index in [1.54, 1.807) is 11.8 Å². The summed E-state index contributed by atoms with van der Waals surface area (Å²) in [7, 11) is 0. The van der Waals surface area contributed by atoms with Gasteiger partial charge in [0.2, 0.25) is 0 Å². The van der Waals surface area contributed by atoms with E-state index in [1.807, 2.05) is 30.5 Å². The highest BCUT2D eigenvalue weighted by Crippen LogP contribution is 2.57. The SMILES string of the molecule is CSC1=C(C=O)C2c3ccccc3C1C1OC(=O)OC21. The molecule has 1 heterocycles. The minimum absolute atomic E-state index is 0.0807. The average molecular weight is 288 g/mol. The normalized spacial score (nSPS) is 33.4. The summed E-state index contributed by atoms with van der Waals surface area (Å²) in [6.45, 7) is 0. The van der Waals surface area contributed by atoms with Crippen molar-refractivity contribution in [3.05, 3.63) is 45.9 Å². The van der Waals surface area contributed by atoms with Crippen LogP contribution in [0.5, 0.6) is 0 Å². The summed E-state index contributed by atoms with van der Waals surface area (Å²) in [6, 6.07) is 7.99. The van der Waals surface area contributed by atoms with Crippen molar-refractivity contribution >= 4 is 24.2 Å². The van der Waals surface area contributed by atoms with Crippen LogP contribution in [0.3, 0.4) is 0 Å². The highest BCUT2D eigenvalue weighted by atomic mass is 32.2. The van der Waals surface area contributed by atoms with Crippen LogP contribution in [0.1, 0.15) is 23.0 Å². The first-order valence-corrected chi connectivity index (χ1v) is 7.68. The van der Waals surface area contributed by atoms with E-state index in [9.17, 15) is 9.59 Å². The Morgan fingerprint density at radius 2 is 1.70 bits per heavy atom. The van der Waals surface area contributed by atoms with Crippen LogP contribution < -0.4 is 0 Å². The van der Waals surface area contributed by atoms with Crippen molar-refractivity contribution < 1.29 is 19.1 Å². The molecule has 0 spiro atoms. The molecular weight excluding hydrogens is 276 g/mol. The summed E-state index contributed by atoms with van der Waals surface area (Å²) in [6.07, 6.45) is 1.54. The number of rotatable bonds is 2. The van der Waals surface area contributed by atoms with Gasteiger partial charge in [0.05, 0.1) is 11.8 Å². The van der Waals surface area contributed by atoms with Gasteiger partial charge in [-0.05, 0) is 17.4 Å². The number of hydrogen-bond donors (Lipinski definition) is 0. The molecule has 1 aromatic carbocycles. The molecule has 1 aromatic rings. The Morgan fingerprint density at radius 1 is 1.10 bits per heavy atom. The molecule has 4 aliphatic rings. The molecule has 20 heavy (non-hydrogen) atoms. The number of carbonyl (C=O) groups is 2.